The molecule has 37 heteroatoms. The number of aromatic nitrogens is 8. The van der Waals surface area contributed by atoms with Gasteiger partial charge < -0.3 is 36.0 Å². The van der Waals surface area contributed by atoms with E-state index in [1.807, 2.05) is 65.9 Å². The highest BCUT2D eigenvalue weighted by molar-refractivity contribution is 7.90. The van der Waals surface area contributed by atoms with Gasteiger partial charge in [-0.2, -0.15) is 54.1 Å². The van der Waals surface area contributed by atoms with Crippen LogP contribution in [-0.2, 0) is 183 Å². The summed E-state index contributed by atoms with van der Waals surface area (Å²) in [7, 11) is -0.680. The molecule has 2 aliphatic heterocycles. The van der Waals surface area contributed by atoms with Crippen LogP contribution in [0.3, 0.4) is 0 Å². The third-order valence-electron chi connectivity index (χ3n) is 26.2. The van der Waals surface area contributed by atoms with Gasteiger partial charge in [0.25, 0.3) is 40.1 Å². The van der Waals surface area contributed by atoms with E-state index in [-0.39, 0.29) is 32.1 Å². The van der Waals surface area contributed by atoms with Crippen LogP contribution in [0.5, 0.6) is 0 Å². The summed E-state index contributed by atoms with van der Waals surface area (Å²) in [4.78, 5) is 61.5. The molecule has 672 valence electrons. The fraction of sp³-hybridized carbons (Fsp3) is 0.545. The van der Waals surface area contributed by atoms with Crippen molar-refractivity contribution in [2.75, 3.05) is 96.8 Å². The summed E-state index contributed by atoms with van der Waals surface area (Å²) in [5, 5.41) is 28.0. The Morgan fingerprint density at radius 2 is 0.760 bits per heavy atom. The molecular formula is C88H119N21O12S4. The van der Waals surface area contributed by atoms with E-state index in [0.717, 1.165) is 261 Å². The Bertz CT molecular complexity index is 5910. The number of carbonyl (C=O) groups excluding carboxylic acids is 4. The third kappa shape index (κ3) is 19.6. The lowest BCUT2D eigenvalue weighted by Crippen LogP contribution is -2.56. The highest BCUT2D eigenvalue weighted by atomic mass is 32.2. The van der Waals surface area contributed by atoms with E-state index in [4.69, 9.17) is 0 Å². The molecule has 8 N–H and O–H groups in total. The maximum Gasteiger partial charge on any atom is 0.333 e. The van der Waals surface area contributed by atoms with Gasteiger partial charge in [-0.05, 0) is 311 Å². The molecule has 1 saturated heterocycles. The molecule has 1 saturated carbocycles. The van der Waals surface area contributed by atoms with Crippen molar-refractivity contribution in [1.29, 1.82) is 0 Å². The molecule has 19 rings (SSSR count). The fourth-order valence-electron chi connectivity index (χ4n) is 19.8. The number of likely N-dealkylation sites (tertiary alicyclic amines) is 1. The first-order chi connectivity index (χ1) is 59.6. The Balaban J connectivity index is 0.000000123. The van der Waals surface area contributed by atoms with E-state index in [0.29, 0.717) is 38.8 Å². The molecule has 125 heavy (non-hydrogen) atoms. The Morgan fingerprint density at radius 1 is 0.408 bits per heavy atom. The maximum atomic E-state index is 13.0. The van der Waals surface area contributed by atoms with Crippen molar-refractivity contribution in [3.8, 4) is 0 Å². The van der Waals surface area contributed by atoms with Gasteiger partial charge in [-0.25, -0.2) is 38.1 Å². The minimum atomic E-state index is -4.09. The van der Waals surface area contributed by atoms with Gasteiger partial charge in [-0.3, -0.25) is 28.5 Å². The SMILES string of the molecule is CC(C)c1cc(S(=O)(=O)NC(=O)Nc2c3c(cc4c2CCC4)CCC3)nn1CCN(C)C.CN(C)Cc1cc(S(=O)(=O)NC(=O)Nc2c3c(cc4c2CCC4)CCC3)nn1C1CC1.CN1CC(N(C)Cc2cc(S(=O)(=O)NC(=O)Nc3c4c(cc5c3CCC5)CCC4)nn2C)C1.CN1CCn2nc(S(=O)(=O)NC(=O)Nc3c4c(cc5c3CCC5)CCC4)cc2C1. The van der Waals surface area contributed by atoms with Crippen molar-refractivity contribution in [2.24, 2.45) is 7.05 Å². The van der Waals surface area contributed by atoms with Gasteiger partial charge in [0, 0.05) is 112 Å². The lowest BCUT2D eigenvalue weighted by atomic mass is 9.99. The minimum Gasteiger partial charge on any atom is -0.308 e. The molecule has 8 aromatic rings. The Morgan fingerprint density at radius 3 is 1.10 bits per heavy atom. The first-order valence-electron chi connectivity index (χ1n) is 44.2. The fourth-order valence-corrected chi connectivity index (χ4v) is 23.4. The number of benzene rings is 4. The molecule has 9 aliphatic carbocycles. The number of carbonyl (C=O) groups is 4. The second kappa shape index (κ2) is 36.3. The minimum absolute atomic E-state index is 0.102. The summed E-state index contributed by atoms with van der Waals surface area (Å²) < 4.78 is 119. The third-order valence-corrected chi connectivity index (χ3v) is 31.0. The number of hydrogen-bond acceptors (Lipinski definition) is 21. The molecule has 4 aromatic carbocycles. The van der Waals surface area contributed by atoms with E-state index in [2.05, 4.69) is 107 Å². The van der Waals surface area contributed by atoms with Crippen molar-refractivity contribution in [3.63, 3.8) is 0 Å². The number of nitrogens with zero attached hydrogens (tertiary/aromatic N) is 13. The van der Waals surface area contributed by atoms with Crippen molar-refractivity contribution in [1.82, 2.24) is 82.5 Å². The van der Waals surface area contributed by atoms with Crippen LogP contribution >= 0.6 is 0 Å². The van der Waals surface area contributed by atoms with Gasteiger partial charge in [-0.1, -0.05) is 38.1 Å². The predicted octanol–water partition coefficient (Wildman–Crippen LogP) is 9.29. The zero-order valence-corrected chi connectivity index (χ0v) is 76.7. The highest BCUT2D eigenvalue weighted by Crippen LogP contribution is 2.44. The zero-order chi connectivity index (χ0) is 88.3. The molecule has 2 fully saturated rings. The van der Waals surface area contributed by atoms with Crippen molar-refractivity contribution in [2.45, 2.75) is 252 Å². The van der Waals surface area contributed by atoms with Gasteiger partial charge in [0.2, 0.25) is 0 Å². The average Bonchev–Trinajstić information content (AvgIpc) is 1.65. The van der Waals surface area contributed by atoms with Crippen LogP contribution in [-0.4, -0.2) is 203 Å². The molecule has 4 aromatic heterocycles. The molecule has 0 atom stereocenters. The molecule has 8 amide bonds. The number of anilines is 4. The molecular weight excluding hydrogens is 1670 g/mol. The van der Waals surface area contributed by atoms with Gasteiger partial charge in [0.15, 0.2) is 20.1 Å². The van der Waals surface area contributed by atoms with Crippen LogP contribution in [0.15, 0.2) is 68.6 Å². The second-order valence-electron chi connectivity index (χ2n) is 36.5. The second-order valence-corrected chi connectivity index (χ2v) is 43.0. The molecule has 0 radical (unpaired) electrons. The number of likely N-dealkylation sites (N-methyl/N-ethyl adjacent to an activating group) is 4. The molecule has 0 unspecified atom stereocenters. The summed E-state index contributed by atoms with van der Waals surface area (Å²) in [5.41, 5.74) is 26.2. The van der Waals surface area contributed by atoms with Crippen molar-refractivity contribution >= 4 is 87.0 Å². The van der Waals surface area contributed by atoms with Crippen LogP contribution in [0, 0.1) is 0 Å². The number of amides is 8. The largest absolute Gasteiger partial charge is 0.333 e. The topological polar surface area (TPSA) is 389 Å². The Hall–Kier alpha value is -9.60. The monoisotopic (exact) mass is 1790 g/mol. The number of hydrogen-bond donors (Lipinski definition) is 8. The van der Waals surface area contributed by atoms with Crippen molar-refractivity contribution < 1.29 is 52.8 Å². The van der Waals surface area contributed by atoms with Gasteiger partial charge >= 0.3 is 24.1 Å². The average molecular weight is 1790 g/mol. The molecule has 0 spiro atoms. The van der Waals surface area contributed by atoms with Gasteiger partial charge in [-0.15, -0.1) is 0 Å². The quantitative estimate of drug-likeness (QED) is 0.0313. The zero-order valence-electron chi connectivity index (χ0n) is 73.4. The summed E-state index contributed by atoms with van der Waals surface area (Å²) in [6.07, 6.45) is 26.0. The Labute approximate surface area is 733 Å². The van der Waals surface area contributed by atoms with E-state index in [1.54, 1.807) is 50.0 Å². The number of aryl methyl sites for hydroxylation is 9. The number of nitrogens with one attached hydrogen (secondary N) is 8. The summed E-state index contributed by atoms with van der Waals surface area (Å²) >= 11 is 0. The lowest BCUT2D eigenvalue weighted by Gasteiger charge is -2.41. The number of rotatable bonds is 22. The Kier molecular flexibility index (Phi) is 25.8. The first-order valence-corrected chi connectivity index (χ1v) is 50.2. The van der Waals surface area contributed by atoms with Gasteiger partial charge in [0.1, 0.15) is 0 Å². The number of sulfonamides is 4. The molecule has 0 bridgehead atoms. The van der Waals surface area contributed by atoms with Crippen LogP contribution in [0.1, 0.15) is 202 Å². The molecule has 33 nitrogen and oxygen atoms in total. The smallest absolute Gasteiger partial charge is 0.308 e. The van der Waals surface area contributed by atoms with E-state index in [9.17, 15) is 52.8 Å². The van der Waals surface area contributed by atoms with Crippen LogP contribution in [0.4, 0.5) is 41.9 Å². The van der Waals surface area contributed by atoms with E-state index < -0.39 is 64.2 Å². The predicted molar refractivity (Wildman–Crippen MR) is 477 cm³/mol. The normalized spacial score (nSPS) is 17.4. The van der Waals surface area contributed by atoms with Gasteiger partial charge in [0.05, 0.1) is 36.2 Å². The number of fused-ring (bicyclic) bond motifs is 9. The molecule has 11 aliphatic rings. The van der Waals surface area contributed by atoms with Crippen LogP contribution in [0.2, 0.25) is 0 Å². The van der Waals surface area contributed by atoms with E-state index in [1.165, 1.54) is 66.8 Å². The maximum absolute atomic E-state index is 13.0. The van der Waals surface area contributed by atoms with Crippen LogP contribution < -0.4 is 40.2 Å². The number of urea groups is 4. The first kappa shape index (κ1) is 88.8. The summed E-state index contributed by atoms with van der Waals surface area (Å²) in [6, 6.07) is 13.1. The summed E-state index contributed by atoms with van der Waals surface area (Å²) in [5.74, 6) is 0.108. The lowest BCUT2D eigenvalue weighted by molar-refractivity contribution is 0.0644. The highest BCUT2D eigenvalue weighted by Gasteiger charge is 2.37. The van der Waals surface area contributed by atoms with Crippen LogP contribution in [0.25, 0.3) is 0 Å². The summed E-state index contributed by atoms with van der Waals surface area (Å²) in [6.45, 7) is 10.6. The van der Waals surface area contributed by atoms with E-state index >= 15 is 0 Å². The standard InChI is InChI=1S/C23H32N6O3S.C23H33N5O3S.C22H29N5O3S.C20H25N5O3S/c1-27-12-18(13-27)28(2)14-17-11-21(25-29(17)3)33(31,32)26-23(30)24-22-19-8-4-6-15(19)10-16-7-5-9-20(16)22;1-15(2)20-14-21(25-28(20)12-11-27(3)4)32(30,31)26-23(29)24-22-18-9-5-7-16(18)13-17-8-6-10-19(17)22;1-26(2)13-17-12-20(24-27(17)16-9-10-16)31(29,30)25-22(28)23-21-18-7-3-5-14(18)11-15-6-4-8-19(15)21;1-24-8-9-25-15(12-24)11-18(22-25)29(27,28)23-20(26)21-19-16-6-2-4-13(16)10-14-5-3-7-17(14)19/h10-11,18H,4-9,12-14H2,1-3H3,(H2,24,26,30);13-15H,5-12H2,1-4H3,(H2,24,26,29);11-12,16H,3-10,13H2,1-2H3,(H2,23,25,28);10-11H,2-9,12H2,1H3,(H2,21,23,26). The molecule has 6 heterocycles. The van der Waals surface area contributed by atoms with Crippen molar-refractivity contribution in [3.05, 3.63) is 160 Å².